The molecule has 2 rings (SSSR count). The van der Waals surface area contributed by atoms with Crippen LogP contribution in [0.1, 0.15) is 27.2 Å². The van der Waals surface area contributed by atoms with Gasteiger partial charge >= 0.3 is 5.97 Å². The molecule has 0 radical (unpaired) electrons. The number of cyclic esters (lactones) is 1. The first-order valence-corrected chi connectivity index (χ1v) is 8.40. The first-order valence-electron chi connectivity index (χ1n) is 7.41. The van der Waals surface area contributed by atoms with E-state index in [1.54, 1.807) is 17.8 Å². The summed E-state index contributed by atoms with van der Waals surface area (Å²) in [6.45, 7) is 10.3. The molecule has 0 aromatic heterocycles. The summed E-state index contributed by atoms with van der Waals surface area (Å²) in [5.74, 6) is 1.00. The highest BCUT2D eigenvalue weighted by molar-refractivity contribution is 7.99. The number of carbonyl (C=O) groups is 1. The molecule has 0 saturated carbocycles. The lowest BCUT2D eigenvalue weighted by Gasteiger charge is -2.25. The Morgan fingerprint density at radius 1 is 1.29 bits per heavy atom. The fourth-order valence-corrected chi connectivity index (χ4v) is 3.91. The van der Waals surface area contributed by atoms with Gasteiger partial charge in [-0.1, -0.05) is 51.6 Å². The second-order valence-corrected chi connectivity index (χ2v) is 7.89. The monoisotopic (exact) mass is 304 g/mol. The van der Waals surface area contributed by atoms with Crippen LogP contribution in [0.2, 0.25) is 0 Å². The first kappa shape index (κ1) is 16.2. The van der Waals surface area contributed by atoms with E-state index >= 15 is 0 Å². The summed E-state index contributed by atoms with van der Waals surface area (Å²) < 4.78 is 5.50. The number of hydrogen-bond acceptors (Lipinski definition) is 3. The van der Waals surface area contributed by atoms with Crippen LogP contribution >= 0.6 is 11.8 Å². The van der Waals surface area contributed by atoms with Crippen LogP contribution in [0.4, 0.5) is 0 Å². The zero-order chi connectivity index (χ0) is 15.5. The molecule has 1 aliphatic rings. The summed E-state index contributed by atoms with van der Waals surface area (Å²) in [5.41, 5.74) is 0.120. The van der Waals surface area contributed by atoms with Crippen molar-refractivity contribution in [3.63, 3.8) is 0 Å². The van der Waals surface area contributed by atoms with Crippen LogP contribution in [0.3, 0.4) is 0 Å². The van der Waals surface area contributed by atoms with Gasteiger partial charge in [0.05, 0.1) is 5.92 Å². The number of carbonyl (C=O) groups excluding carboxylic acids is 1. The summed E-state index contributed by atoms with van der Waals surface area (Å²) in [6.07, 6.45) is 2.48. The number of esters is 1. The van der Waals surface area contributed by atoms with Gasteiger partial charge in [-0.3, -0.25) is 4.79 Å². The molecule has 1 fully saturated rings. The SMILES string of the molecule is C=C[C@H]1OC(=O)[C@@H](CC(C)(C)C)[C@@H]1CSc1ccccc1. The van der Waals surface area contributed by atoms with Crippen molar-refractivity contribution < 1.29 is 9.53 Å². The van der Waals surface area contributed by atoms with Crippen molar-refractivity contribution in [2.75, 3.05) is 5.75 Å². The molecule has 0 aliphatic carbocycles. The van der Waals surface area contributed by atoms with Crippen LogP contribution in [0.25, 0.3) is 0 Å². The van der Waals surface area contributed by atoms with Crippen molar-refractivity contribution in [3.8, 4) is 0 Å². The molecule has 3 atom stereocenters. The minimum atomic E-state index is -0.152. The van der Waals surface area contributed by atoms with E-state index in [1.165, 1.54) is 4.90 Å². The average molecular weight is 304 g/mol. The van der Waals surface area contributed by atoms with Gasteiger partial charge in [0.2, 0.25) is 0 Å². The maximum atomic E-state index is 12.2. The van der Waals surface area contributed by atoms with Crippen LogP contribution in [0.5, 0.6) is 0 Å². The summed E-state index contributed by atoms with van der Waals surface area (Å²) in [6, 6.07) is 10.3. The van der Waals surface area contributed by atoms with Crippen molar-refractivity contribution >= 4 is 17.7 Å². The summed E-state index contributed by atoms with van der Waals surface area (Å²) in [4.78, 5) is 13.4. The molecule has 0 amide bonds. The Hall–Kier alpha value is -1.22. The molecular weight excluding hydrogens is 280 g/mol. The lowest BCUT2D eigenvalue weighted by molar-refractivity contribution is -0.143. The van der Waals surface area contributed by atoms with Crippen LogP contribution < -0.4 is 0 Å². The molecule has 1 aromatic carbocycles. The molecule has 0 spiro atoms. The van der Waals surface area contributed by atoms with E-state index in [-0.39, 0.29) is 29.3 Å². The molecule has 1 aliphatic heterocycles. The van der Waals surface area contributed by atoms with E-state index in [2.05, 4.69) is 39.5 Å². The zero-order valence-electron chi connectivity index (χ0n) is 13.0. The molecule has 2 nitrogen and oxygen atoms in total. The molecule has 1 saturated heterocycles. The van der Waals surface area contributed by atoms with Crippen LogP contribution in [0.15, 0.2) is 47.9 Å². The van der Waals surface area contributed by atoms with Gasteiger partial charge in [0.15, 0.2) is 0 Å². The summed E-state index contributed by atoms with van der Waals surface area (Å²) >= 11 is 1.79. The van der Waals surface area contributed by atoms with Crippen molar-refractivity contribution in [1.29, 1.82) is 0 Å². The predicted molar refractivity (Wildman–Crippen MR) is 88.3 cm³/mol. The lowest BCUT2D eigenvalue weighted by atomic mass is 9.79. The summed E-state index contributed by atoms with van der Waals surface area (Å²) in [7, 11) is 0. The van der Waals surface area contributed by atoms with E-state index in [0.717, 1.165) is 12.2 Å². The average Bonchev–Trinajstić information content (AvgIpc) is 2.72. The van der Waals surface area contributed by atoms with Gasteiger partial charge < -0.3 is 4.74 Å². The van der Waals surface area contributed by atoms with Gasteiger partial charge in [-0.2, -0.15) is 0 Å². The Morgan fingerprint density at radius 3 is 2.52 bits per heavy atom. The van der Waals surface area contributed by atoms with Crippen molar-refractivity contribution in [1.82, 2.24) is 0 Å². The van der Waals surface area contributed by atoms with Crippen LogP contribution in [-0.4, -0.2) is 17.8 Å². The Balaban J connectivity index is 2.08. The fraction of sp³-hybridized carbons (Fsp3) is 0.500. The largest absolute Gasteiger partial charge is 0.458 e. The smallest absolute Gasteiger partial charge is 0.310 e. The Kier molecular flexibility index (Phi) is 5.15. The molecule has 0 N–H and O–H groups in total. The highest BCUT2D eigenvalue weighted by Crippen LogP contribution is 2.40. The highest BCUT2D eigenvalue weighted by Gasteiger charge is 2.44. The fourth-order valence-electron chi connectivity index (χ4n) is 2.75. The number of benzene rings is 1. The second kappa shape index (κ2) is 6.69. The van der Waals surface area contributed by atoms with Gasteiger partial charge in [0.1, 0.15) is 6.10 Å². The third kappa shape index (κ3) is 4.37. The maximum Gasteiger partial charge on any atom is 0.310 e. The molecular formula is C18H24O2S. The lowest BCUT2D eigenvalue weighted by Crippen LogP contribution is -2.26. The normalized spacial score (nSPS) is 25.7. The minimum Gasteiger partial charge on any atom is -0.458 e. The van der Waals surface area contributed by atoms with Crippen molar-refractivity contribution in [3.05, 3.63) is 43.0 Å². The first-order chi connectivity index (χ1) is 9.90. The Labute approximate surface area is 132 Å². The highest BCUT2D eigenvalue weighted by atomic mass is 32.2. The number of thioether (sulfide) groups is 1. The molecule has 0 bridgehead atoms. The van der Waals surface area contributed by atoms with Gasteiger partial charge in [0.25, 0.3) is 0 Å². The van der Waals surface area contributed by atoms with Gasteiger partial charge in [-0.15, -0.1) is 11.8 Å². The molecule has 3 heteroatoms. The van der Waals surface area contributed by atoms with Crippen LogP contribution in [0, 0.1) is 17.3 Å². The van der Waals surface area contributed by atoms with E-state index in [0.29, 0.717) is 0 Å². The Bertz CT molecular complexity index is 490. The Morgan fingerprint density at radius 2 is 1.95 bits per heavy atom. The third-order valence-electron chi connectivity index (χ3n) is 3.74. The molecule has 21 heavy (non-hydrogen) atoms. The summed E-state index contributed by atoms with van der Waals surface area (Å²) in [5, 5.41) is 0. The topological polar surface area (TPSA) is 26.3 Å². The van der Waals surface area contributed by atoms with Gasteiger partial charge in [0, 0.05) is 16.6 Å². The van der Waals surface area contributed by atoms with Gasteiger partial charge in [-0.25, -0.2) is 0 Å². The van der Waals surface area contributed by atoms with E-state index in [9.17, 15) is 4.79 Å². The quantitative estimate of drug-likeness (QED) is 0.453. The standard InChI is InChI=1S/C18H24O2S/c1-5-16-15(12-21-13-9-7-6-8-10-13)14(17(19)20-16)11-18(2,3)4/h5-10,14-16H,1,11-12H2,2-4H3/t14-,15-,16+/m0/s1. The number of ether oxygens (including phenoxy) is 1. The van der Waals surface area contributed by atoms with Gasteiger partial charge in [-0.05, 0) is 24.0 Å². The van der Waals surface area contributed by atoms with Crippen molar-refractivity contribution in [2.45, 2.75) is 38.2 Å². The zero-order valence-corrected chi connectivity index (χ0v) is 13.9. The molecule has 1 aromatic rings. The molecule has 0 unspecified atom stereocenters. The number of hydrogen-bond donors (Lipinski definition) is 0. The predicted octanol–water partition coefficient (Wildman–Crippen LogP) is 4.56. The maximum absolute atomic E-state index is 12.2. The second-order valence-electron chi connectivity index (χ2n) is 6.80. The van der Waals surface area contributed by atoms with Crippen molar-refractivity contribution in [2.24, 2.45) is 17.3 Å². The molecule has 114 valence electrons. The van der Waals surface area contributed by atoms with E-state index in [1.807, 2.05) is 18.2 Å². The third-order valence-corrected chi connectivity index (χ3v) is 4.90. The van der Waals surface area contributed by atoms with E-state index < -0.39 is 0 Å². The van der Waals surface area contributed by atoms with E-state index in [4.69, 9.17) is 4.74 Å². The number of rotatable bonds is 5. The van der Waals surface area contributed by atoms with Crippen LogP contribution in [-0.2, 0) is 9.53 Å². The molecule has 1 heterocycles. The minimum absolute atomic E-state index is 0.0239.